The van der Waals surface area contributed by atoms with Gasteiger partial charge in [-0.25, -0.2) is 4.79 Å². The molecule has 2 aromatic heterocycles. The predicted octanol–water partition coefficient (Wildman–Crippen LogP) is 4.53. The molecule has 0 aliphatic heterocycles. The molecule has 0 amide bonds. The molecule has 0 saturated heterocycles. The van der Waals surface area contributed by atoms with Crippen molar-refractivity contribution in [2.24, 2.45) is 0 Å². The van der Waals surface area contributed by atoms with E-state index in [2.05, 4.69) is 4.98 Å². The lowest BCUT2D eigenvalue weighted by Gasteiger charge is -2.12. The number of H-pyrrole nitrogens is 1. The molecule has 0 aliphatic rings. The number of carbonyl (C=O) groups is 3. The van der Waals surface area contributed by atoms with Crippen LogP contribution in [0.15, 0.2) is 22.8 Å². The van der Waals surface area contributed by atoms with Crippen molar-refractivity contribution in [2.45, 2.75) is 54.1 Å². The van der Waals surface area contributed by atoms with Crippen molar-refractivity contribution >= 4 is 28.7 Å². The monoisotopic (exact) mass is 425 g/mol. The number of hydrogen-bond acceptors (Lipinski definition) is 6. The van der Waals surface area contributed by atoms with Crippen LogP contribution >= 0.6 is 0 Å². The van der Waals surface area contributed by atoms with Gasteiger partial charge in [0.15, 0.2) is 6.10 Å². The number of aromatic amines is 1. The third kappa shape index (κ3) is 4.40. The van der Waals surface area contributed by atoms with Crippen LogP contribution in [0.25, 0.3) is 11.0 Å². The lowest BCUT2D eigenvalue weighted by atomic mass is 10.0. The van der Waals surface area contributed by atoms with Crippen molar-refractivity contribution in [3.63, 3.8) is 0 Å². The first-order chi connectivity index (χ1) is 14.6. The zero-order chi connectivity index (χ0) is 22.9. The molecule has 0 unspecified atom stereocenters. The van der Waals surface area contributed by atoms with Gasteiger partial charge in [-0.15, -0.1) is 0 Å². The van der Waals surface area contributed by atoms with Crippen LogP contribution in [0.4, 0.5) is 0 Å². The van der Waals surface area contributed by atoms with Gasteiger partial charge in [0.05, 0.1) is 30.5 Å². The lowest BCUT2D eigenvalue weighted by Crippen LogP contribution is -2.26. The summed E-state index contributed by atoms with van der Waals surface area (Å²) < 4.78 is 16.0. The minimum Gasteiger partial charge on any atom is -0.464 e. The van der Waals surface area contributed by atoms with Crippen LogP contribution in [0.3, 0.4) is 0 Å². The van der Waals surface area contributed by atoms with Crippen LogP contribution < -0.4 is 0 Å². The van der Waals surface area contributed by atoms with Gasteiger partial charge in [-0.2, -0.15) is 0 Å². The number of fused-ring (bicyclic) bond motifs is 1. The molecule has 0 aliphatic carbocycles. The fourth-order valence-corrected chi connectivity index (χ4v) is 3.63. The number of ketones is 1. The van der Waals surface area contributed by atoms with Crippen LogP contribution in [0.5, 0.6) is 0 Å². The van der Waals surface area contributed by atoms with Gasteiger partial charge in [0, 0.05) is 16.6 Å². The van der Waals surface area contributed by atoms with Crippen LogP contribution in [0, 0.1) is 27.7 Å². The van der Waals surface area contributed by atoms with Crippen LogP contribution in [0.1, 0.15) is 62.6 Å². The van der Waals surface area contributed by atoms with Crippen LogP contribution in [-0.2, 0) is 20.7 Å². The number of hydrogen-bond donors (Lipinski definition) is 1. The first kappa shape index (κ1) is 22.3. The number of benzene rings is 1. The van der Waals surface area contributed by atoms with E-state index in [9.17, 15) is 14.4 Å². The number of furan rings is 1. The molecular formula is C24H27NO6. The minimum absolute atomic E-state index is 0.00999. The third-order valence-electron chi connectivity index (χ3n) is 5.45. The summed E-state index contributed by atoms with van der Waals surface area (Å²) in [6.45, 7) is 10.8. The highest BCUT2D eigenvalue weighted by molar-refractivity contribution is 6.04. The average Bonchev–Trinajstić information content (AvgIpc) is 3.21. The summed E-state index contributed by atoms with van der Waals surface area (Å²) in [6.07, 6.45) is 0.521. The molecule has 3 aromatic rings. The first-order valence-corrected chi connectivity index (χ1v) is 10.2. The summed E-state index contributed by atoms with van der Waals surface area (Å²) in [5, 5.41) is 0.856. The van der Waals surface area contributed by atoms with Crippen molar-refractivity contribution in [3.8, 4) is 0 Å². The van der Waals surface area contributed by atoms with Crippen molar-refractivity contribution in [1.82, 2.24) is 4.98 Å². The molecule has 0 spiro atoms. The van der Waals surface area contributed by atoms with Crippen LogP contribution in [0.2, 0.25) is 0 Å². The Hall–Kier alpha value is -3.35. The molecule has 1 aromatic carbocycles. The van der Waals surface area contributed by atoms with E-state index in [4.69, 9.17) is 13.9 Å². The molecule has 3 rings (SSSR count). The van der Waals surface area contributed by atoms with Crippen molar-refractivity contribution in [1.29, 1.82) is 0 Å². The Balaban J connectivity index is 1.73. The van der Waals surface area contributed by atoms with E-state index in [0.29, 0.717) is 28.0 Å². The molecule has 0 radical (unpaired) electrons. The number of aromatic nitrogens is 1. The van der Waals surface area contributed by atoms with E-state index in [1.807, 2.05) is 26.0 Å². The fourth-order valence-electron chi connectivity index (χ4n) is 3.63. The highest BCUT2D eigenvalue weighted by atomic mass is 16.5. The Kier molecular flexibility index (Phi) is 6.34. The second-order valence-electron chi connectivity index (χ2n) is 7.71. The van der Waals surface area contributed by atoms with Gasteiger partial charge in [0.2, 0.25) is 5.78 Å². The second kappa shape index (κ2) is 8.79. The first-order valence-electron chi connectivity index (χ1n) is 10.2. The zero-order valence-electron chi connectivity index (χ0n) is 18.7. The summed E-state index contributed by atoms with van der Waals surface area (Å²) in [6, 6.07) is 3.91. The number of esters is 2. The summed E-state index contributed by atoms with van der Waals surface area (Å²) in [5.74, 6) is -1.43. The second-order valence-corrected chi connectivity index (χ2v) is 7.71. The largest absolute Gasteiger partial charge is 0.464 e. The molecule has 0 fully saturated rings. The van der Waals surface area contributed by atoms with Crippen molar-refractivity contribution in [3.05, 3.63) is 57.6 Å². The molecule has 1 atom stereocenters. The van der Waals surface area contributed by atoms with Gasteiger partial charge < -0.3 is 18.9 Å². The molecule has 7 heteroatoms. The number of rotatable bonds is 7. The fraction of sp³-hybridized carbons (Fsp3) is 0.375. The summed E-state index contributed by atoms with van der Waals surface area (Å²) in [5.41, 5.74) is 5.21. The Morgan fingerprint density at radius 1 is 1.10 bits per heavy atom. The predicted molar refractivity (Wildman–Crippen MR) is 115 cm³/mol. The van der Waals surface area contributed by atoms with Crippen molar-refractivity contribution < 1.29 is 28.3 Å². The van der Waals surface area contributed by atoms with E-state index in [0.717, 1.165) is 16.5 Å². The van der Waals surface area contributed by atoms with Gasteiger partial charge >= 0.3 is 11.9 Å². The number of ether oxygens (including phenoxy) is 2. The van der Waals surface area contributed by atoms with E-state index < -0.39 is 23.8 Å². The number of aryl methyl sites for hydroxylation is 3. The smallest absolute Gasteiger partial charge is 0.340 e. The Morgan fingerprint density at radius 3 is 2.45 bits per heavy atom. The van der Waals surface area contributed by atoms with Crippen molar-refractivity contribution in [2.75, 3.05) is 6.61 Å². The SMILES string of the molecule is CCOC(=O)c1c(C)[nH]c(C(=O)[C@@H](C)OC(=O)Cc2coc3cc(C)c(C)cc23)c1C. The Bertz CT molecular complexity index is 1170. The Morgan fingerprint density at radius 2 is 1.77 bits per heavy atom. The quantitative estimate of drug-likeness (QED) is 0.441. The van der Waals surface area contributed by atoms with Gasteiger partial charge in [-0.3, -0.25) is 9.59 Å². The van der Waals surface area contributed by atoms with Crippen LogP contribution in [-0.4, -0.2) is 35.4 Å². The number of nitrogens with one attached hydrogen (secondary N) is 1. The average molecular weight is 425 g/mol. The number of carbonyl (C=O) groups excluding carboxylic acids is 3. The highest BCUT2D eigenvalue weighted by Gasteiger charge is 2.27. The third-order valence-corrected chi connectivity index (χ3v) is 5.45. The van der Waals surface area contributed by atoms with Gasteiger partial charge in [0.25, 0.3) is 0 Å². The molecule has 7 nitrogen and oxygen atoms in total. The molecule has 2 heterocycles. The summed E-state index contributed by atoms with van der Waals surface area (Å²) in [4.78, 5) is 40.4. The summed E-state index contributed by atoms with van der Waals surface area (Å²) >= 11 is 0. The molecule has 164 valence electrons. The molecule has 31 heavy (non-hydrogen) atoms. The maximum Gasteiger partial charge on any atom is 0.340 e. The summed E-state index contributed by atoms with van der Waals surface area (Å²) in [7, 11) is 0. The topological polar surface area (TPSA) is 98.6 Å². The lowest BCUT2D eigenvalue weighted by molar-refractivity contribution is -0.145. The van der Waals surface area contributed by atoms with E-state index in [1.165, 1.54) is 6.92 Å². The maximum absolute atomic E-state index is 12.9. The standard InChI is InChI=1S/C24H27NO6/c1-7-29-24(28)21-14(4)22(25-15(21)5)23(27)16(6)31-20(26)10-17-11-30-19-9-13(3)12(2)8-18(17)19/h8-9,11,16,25H,7,10H2,1-6H3/t16-/m1/s1. The number of Topliss-reactive ketones (excluding diaryl/α,β-unsaturated/α-hetero) is 1. The maximum atomic E-state index is 12.9. The molecular weight excluding hydrogens is 398 g/mol. The molecule has 0 saturated carbocycles. The minimum atomic E-state index is -1.01. The van der Waals surface area contributed by atoms with Gasteiger partial charge in [-0.1, -0.05) is 0 Å². The molecule has 1 N–H and O–H groups in total. The van der Waals surface area contributed by atoms with Gasteiger partial charge in [-0.05, 0) is 70.4 Å². The van der Waals surface area contributed by atoms with E-state index >= 15 is 0 Å². The van der Waals surface area contributed by atoms with E-state index in [-0.39, 0.29) is 18.7 Å². The normalized spacial score (nSPS) is 12.1. The highest BCUT2D eigenvalue weighted by Crippen LogP contribution is 2.26. The zero-order valence-corrected chi connectivity index (χ0v) is 18.7. The molecule has 0 bridgehead atoms. The Labute approximate surface area is 180 Å². The van der Waals surface area contributed by atoms with E-state index in [1.54, 1.807) is 27.0 Å². The van der Waals surface area contributed by atoms with Gasteiger partial charge in [0.1, 0.15) is 5.58 Å².